The second-order valence-electron chi connectivity index (χ2n) is 18.9. The van der Waals surface area contributed by atoms with E-state index < -0.39 is 35.4 Å². The second kappa shape index (κ2) is 48.7. The third-order valence-corrected chi connectivity index (χ3v) is 12.9. The molecule has 29 heteroatoms. The highest BCUT2D eigenvalue weighted by atomic mass is 16.6. The van der Waals surface area contributed by atoms with Crippen LogP contribution in [0.15, 0.2) is 38.2 Å². The molecular weight excluding hydrogens is 1080 g/mol. The third-order valence-electron chi connectivity index (χ3n) is 12.9. The van der Waals surface area contributed by atoms with E-state index in [1.165, 1.54) is 37.7 Å². The Hall–Kier alpha value is -7.96. The first-order valence-electron chi connectivity index (χ1n) is 28.6. The van der Waals surface area contributed by atoms with Crippen LogP contribution in [0, 0.1) is 35.5 Å². The van der Waals surface area contributed by atoms with Crippen LogP contribution >= 0.6 is 0 Å². The molecule has 0 radical (unpaired) electrons. The number of rotatable bonds is 6. The normalized spacial score (nSPS) is 20.5. The van der Waals surface area contributed by atoms with Gasteiger partial charge < -0.3 is 31.3 Å². The van der Waals surface area contributed by atoms with E-state index in [1.807, 2.05) is 50.0 Å². The maximum Gasteiger partial charge on any atom is 0.407 e. The number of nitrogens with one attached hydrogen (secondary N) is 9. The molecule has 8 rings (SSSR count). The van der Waals surface area contributed by atoms with Crippen molar-refractivity contribution in [2.75, 3.05) is 19.6 Å². The van der Waals surface area contributed by atoms with Crippen LogP contribution in [-0.2, 0) is 51.1 Å². The number of carbonyl (C=O) groups is 6. The van der Waals surface area contributed by atoms with Gasteiger partial charge in [0, 0.05) is 38.0 Å². The smallest absolute Gasteiger partial charge is 0.407 e. The Morgan fingerprint density at radius 1 is 0.687 bits per heavy atom. The number of hydrogen-bond donors (Lipinski definition) is 10. The van der Waals surface area contributed by atoms with Gasteiger partial charge in [-0.2, -0.15) is 14.7 Å². The number of alkyl carbamates (subject to hydrolysis) is 2. The molecule has 83 heavy (non-hydrogen) atoms. The van der Waals surface area contributed by atoms with E-state index in [-0.39, 0.29) is 73.8 Å². The number of nitrogens with zero attached hydrogens (tertiary/aromatic N) is 5. The summed E-state index contributed by atoms with van der Waals surface area (Å²) in [6.07, 6.45) is 28.3. The Kier molecular flexibility index (Phi) is 45.3. The number of hydrogen-bond acceptors (Lipinski definition) is 19. The van der Waals surface area contributed by atoms with Crippen LogP contribution in [0.3, 0.4) is 0 Å². The van der Waals surface area contributed by atoms with Gasteiger partial charge >= 0.3 is 29.7 Å². The van der Waals surface area contributed by atoms with Crippen molar-refractivity contribution in [1.29, 1.82) is 10.8 Å². The molecule has 2 saturated heterocycles. The number of fused-ring (bicyclic) bond motifs is 3. The maximum atomic E-state index is 12.1. The van der Waals surface area contributed by atoms with E-state index in [0.717, 1.165) is 121 Å². The number of aryl methyl sites for hydroxylation is 1. The Balaban J connectivity index is -0.000000469. The lowest BCUT2D eigenvalue weighted by Crippen LogP contribution is -2.60. The van der Waals surface area contributed by atoms with Crippen molar-refractivity contribution in [3.63, 3.8) is 0 Å². The molecule has 0 bridgehead atoms. The molecule has 5 unspecified atom stereocenters. The predicted octanol–water partition coefficient (Wildman–Crippen LogP) is 4.21. The third kappa shape index (κ3) is 32.3. The molecule has 2 aliphatic heterocycles. The lowest BCUT2D eigenvalue weighted by atomic mass is 9.78. The zero-order valence-corrected chi connectivity index (χ0v) is 47.1. The number of allylic oxidation sites excluding steroid dienone is 2. The Morgan fingerprint density at radius 3 is 1.77 bits per heavy atom. The van der Waals surface area contributed by atoms with Crippen LogP contribution < -0.4 is 55.0 Å². The molecule has 5 atom stereocenters. The highest BCUT2D eigenvalue weighted by molar-refractivity contribution is 6.04. The van der Waals surface area contributed by atoms with Gasteiger partial charge in [-0.25, -0.2) is 34.5 Å². The number of ether oxygens (including phenoxy) is 2. The maximum absolute atomic E-state index is 12.1. The molecule has 1 saturated carbocycles. The van der Waals surface area contributed by atoms with Crippen molar-refractivity contribution in [3.05, 3.63) is 71.9 Å². The van der Waals surface area contributed by atoms with Crippen LogP contribution in [0.2, 0.25) is 0 Å². The number of aromatic nitrogens is 6. The molecule has 4 aliphatic carbocycles. The summed E-state index contributed by atoms with van der Waals surface area (Å²) in [6, 6.07) is 0. The highest BCUT2D eigenvalue weighted by Crippen LogP contribution is 2.32. The average Bonchev–Trinajstić information content (AvgIpc) is 3.46. The van der Waals surface area contributed by atoms with E-state index in [1.54, 1.807) is 0 Å². The Morgan fingerprint density at radius 2 is 1.18 bits per heavy atom. The molecule has 3 fully saturated rings. The van der Waals surface area contributed by atoms with Crippen LogP contribution in [0.5, 0.6) is 0 Å². The van der Waals surface area contributed by atoms with Crippen molar-refractivity contribution in [3.8, 4) is 0 Å². The molecule has 6 aliphatic rings. The minimum Gasteiger partial charge on any atom is -0.445 e. The van der Waals surface area contributed by atoms with Crippen molar-refractivity contribution >= 4 is 42.0 Å². The molecule has 0 aromatic carbocycles. The van der Waals surface area contributed by atoms with Gasteiger partial charge in [-0.05, 0) is 128 Å². The number of carbonyl (C=O) groups excluding carboxylic acids is 8. The zero-order chi connectivity index (χ0) is 61.5. The van der Waals surface area contributed by atoms with Gasteiger partial charge in [-0.1, -0.05) is 103 Å². The predicted molar refractivity (Wildman–Crippen MR) is 308 cm³/mol. The first kappa shape index (κ1) is 77.1. The molecule has 2 aromatic heterocycles. The number of nitrogens with two attached hydrogens (primary N) is 1. The van der Waals surface area contributed by atoms with Crippen molar-refractivity contribution in [2.45, 2.75) is 202 Å². The molecule has 470 valence electrons. The fraction of sp³-hybridized carbons (Fsp3) is 0.685. The summed E-state index contributed by atoms with van der Waals surface area (Å²) < 4.78 is 20.7. The largest absolute Gasteiger partial charge is 0.445 e. The molecule has 4 heterocycles. The average molecular weight is 1180 g/mol. The summed E-state index contributed by atoms with van der Waals surface area (Å²) in [5.41, 5.74) is 16.9. The number of H-pyrrole nitrogens is 3. The molecule has 0 spiro atoms. The van der Waals surface area contributed by atoms with Crippen LogP contribution in [0.4, 0.5) is 9.59 Å². The Labute approximate surface area is 488 Å². The van der Waals surface area contributed by atoms with E-state index in [4.69, 9.17) is 38.6 Å². The zero-order valence-electron chi connectivity index (χ0n) is 49.1. The molecular formula is C54H95N15O14. The summed E-state index contributed by atoms with van der Waals surface area (Å²) in [7, 11) is 0. The fourth-order valence-corrected chi connectivity index (χ4v) is 9.07. The van der Waals surface area contributed by atoms with E-state index in [9.17, 15) is 43.2 Å². The quantitative estimate of drug-likeness (QED) is 0.143. The molecule has 13 N–H and O–H groups in total. The van der Waals surface area contributed by atoms with E-state index in [2.05, 4.69) is 58.8 Å². The lowest BCUT2D eigenvalue weighted by Gasteiger charge is -2.36. The molecule has 29 nitrogen and oxygen atoms in total. The van der Waals surface area contributed by atoms with Gasteiger partial charge in [0.15, 0.2) is 0 Å². The van der Waals surface area contributed by atoms with Gasteiger partial charge in [0.2, 0.25) is 17.7 Å². The van der Waals surface area contributed by atoms with Gasteiger partial charge in [-0.3, -0.25) is 45.7 Å². The second-order valence-corrected chi connectivity index (χ2v) is 18.9. The van der Waals surface area contributed by atoms with Crippen LogP contribution in [-0.4, -0.2) is 110 Å². The highest BCUT2D eigenvalue weighted by Gasteiger charge is 2.45. The monoisotopic (exact) mass is 1180 g/mol. The van der Waals surface area contributed by atoms with Crippen molar-refractivity contribution in [1.82, 2.24) is 62.9 Å². The fourth-order valence-electron chi connectivity index (χ4n) is 9.07. The first-order valence-corrected chi connectivity index (χ1v) is 27.6. The first-order chi connectivity index (χ1) is 39.6. The standard InChI is InChI=1S/C14H23N3O4.C12H21NO2.C11H16N2O.C10H14N2O2.C2H2N4O2.C2H7N.CO2.2CH4.N2.H2O.H2/c1-2-8-15-14(20)21-10-7-5-3-4-6-9-11(10)13(19)17-16-12(9)18;1-2-10-13-12(14)15-11-8-6-4-3-5-7-9-11;1-8-9-6-4-2-3-5-7-10(9)11(14)13-12-8;13-9-7-5-3-1-2-4-6-8(7)10(14)12-11-9;7-1-3-5-2(8)6-4-1;1-2-3;2-1-3;;;1-2;;/h9-11H,2-8H2,1H3,(H,15,20)(H,16,18)(H,17,19);6,8,11H,2-5,7,9-10H2,1H3,(H,13,14);2-7H2,1H3,(H,13,14);5,8H,1-4,6H2,(H,11,13)(H,12,14);(H,3,4,7)(H,5,6,8);2-3H2,1H3;;2*1H4;;1H2;1H/b;8-6+;;;;;;;;;;/i;;;;;;;;;;;1+1D. The van der Waals surface area contributed by atoms with E-state index in [0.29, 0.717) is 31.5 Å². The molecule has 6 amide bonds. The van der Waals surface area contributed by atoms with Gasteiger partial charge in [0.05, 0.1) is 23.4 Å². The van der Waals surface area contributed by atoms with Gasteiger partial charge in [-0.15, -0.1) is 0 Å². The summed E-state index contributed by atoms with van der Waals surface area (Å²) in [6.45, 7) is 9.83. The van der Waals surface area contributed by atoms with Crippen molar-refractivity contribution in [2.24, 2.45) is 23.5 Å². The minimum absolute atomic E-state index is 0. The number of amides is 6. The van der Waals surface area contributed by atoms with Gasteiger partial charge in [0.25, 0.3) is 11.5 Å². The summed E-state index contributed by atoms with van der Waals surface area (Å²) in [5.74, 6) is -1.90. The van der Waals surface area contributed by atoms with Crippen LogP contribution in [0.1, 0.15) is 190 Å². The SMILES string of the molecule is C.C.CCCNC(=O)OC1/C=C/CCCCC1.CCCNC(=O)OC1CCCCCC2C(=O)NNC(=O)C12.CCN.Cc1n[nH]c(=O)c2c1CCCCCC2.N#N.O.O=C1NNC(=O)C2CCCCCC=C12.O=C=O.O=c1nnc(=O)[nH][nH]1.[2H][2H]. The van der Waals surface area contributed by atoms with E-state index >= 15 is 0 Å². The van der Waals surface area contributed by atoms with Gasteiger partial charge in [0.1, 0.15) is 12.2 Å². The molecule has 2 aromatic rings. The topological polar surface area (TPSA) is 470 Å². The minimum atomic E-state index is -0.662. The summed E-state index contributed by atoms with van der Waals surface area (Å²) in [5, 5.41) is 33.6. The lowest BCUT2D eigenvalue weighted by molar-refractivity contribution is -0.191. The van der Waals surface area contributed by atoms with Crippen molar-refractivity contribution < 1.29 is 56.3 Å². The number of hydrazine groups is 2. The number of aromatic amines is 3. The summed E-state index contributed by atoms with van der Waals surface area (Å²) >= 11 is 0. The Bertz CT molecular complexity index is 2450. The summed E-state index contributed by atoms with van der Waals surface area (Å²) in [4.78, 5) is 118. The van der Waals surface area contributed by atoms with Crippen LogP contribution in [0.25, 0.3) is 0 Å².